The van der Waals surface area contributed by atoms with E-state index in [1.807, 2.05) is 24.3 Å². The van der Waals surface area contributed by atoms with E-state index in [4.69, 9.17) is 14.9 Å². The number of rotatable bonds is 4. The Morgan fingerprint density at radius 2 is 2.19 bits per heavy atom. The Morgan fingerprint density at radius 3 is 2.88 bits per heavy atom. The SMILES string of the molecule is NCc1coc(OCc2ccccc2Br)n1. The summed E-state index contributed by atoms with van der Waals surface area (Å²) in [5, 5.41) is 0. The van der Waals surface area contributed by atoms with Gasteiger partial charge in [-0.15, -0.1) is 0 Å². The van der Waals surface area contributed by atoms with Crippen LogP contribution in [0.4, 0.5) is 0 Å². The molecule has 1 aromatic heterocycles. The lowest BCUT2D eigenvalue weighted by Crippen LogP contribution is -1.98. The maximum Gasteiger partial charge on any atom is 0.394 e. The molecule has 2 N–H and O–H groups in total. The number of nitrogens with zero attached hydrogens (tertiary/aromatic N) is 1. The van der Waals surface area contributed by atoms with Crippen LogP contribution in [0.15, 0.2) is 39.4 Å². The molecule has 0 radical (unpaired) electrons. The molecule has 4 nitrogen and oxygen atoms in total. The van der Waals surface area contributed by atoms with Crippen molar-refractivity contribution in [3.63, 3.8) is 0 Å². The smallest absolute Gasteiger partial charge is 0.394 e. The van der Waals surface area contributed by atoms with E-state index in [0.717, 1.165) is 10.0 Å². The van der Waals surface area contributed by atoms with Crippen LogP contribution in [-0.2, 0) is 13.2 Å². The van der Waals surface area contributed by atoms with Crippen LogP contribution in [0.2, 0.25) is 0 Å². The largest absolute Gasteiger partial charge is 0.445 e. The van der Waals surface area contributed by atoms with Crippen molar-refractivity contribution in [3.05, 3.63) is 46.3 Å². The summed E-state index contributed by atoms with van der Waals surface area (Å²) in [6.07, 6.45) is 1.74. The van der Waals surface area contributed by atoms with Gasteiger partial charge >= 0.3 is 6.08 Å². The van der Waals surface area contributed by atoms with Crippen LogP contribution in [0.3, 0.4) is 0 Å². The van der Waals surface area contributed by atoms with Crippen molar-refractivity contribution in [2.45, 2.75) is 13.2 Å². The molecule has 0 saturated carbocycles. The molecular formula is C11H11BrN2O2. The van der Waals surface area contributed by atoms with Gasteiger partial charge in [0.05, 0.1) is 5.69 Å². The quantitative estimate of drug-likeness (QED) is 0.936. The minimum absolute atomic E-state index is 0.246. The van der Waals surface area contributed by atoms with Crippen molar-refractivity contribution >= 4 is 15.9 Å². The van der Waals surface area contributed by atoms with Crippen molar-refractivity contribution in [2.75, 3.05) is 0 Å². The fourth-order valence-corrected chi connectivity index (χ4v) is 1.60. The molecular weight excluding hydrogens is 272 g/mol. The summed E-state index contributed by atoms with van der Waals surface area (Å²) in [7, 11) is 0. The highest BCUT2D eigenvalue weighted by atomic mass is 79.9. The van der Waals surface area contributed by atoms with Crippen LogP contribution >= 0.6 is 15.9 Å². The van der Waals surface area contributed by atoms with E-state index in [1.54, 1.807) is 0 Å². The molecule has 84 valence electrons. The molecule has 0 atom stereocenters. The number of oxazole rings is 1. The fourth-order valence-electron chi connectivity index (χ4n) is 1.20. The maximum absolute atomic E-state index is 5.41. The van der Waals surface area contributed by atoms with E-state index in [0.29, 0.717) is 18.8 Å². The summed E-state index contributed by atoms with van der Waals surface area (Å²) in [5.41, 5.74) is 7.13. The van der Waals surface area contributed by atoms with Crippen molar-refractivity contribution in [1.82, 2.24) is 4.98 Å². The van der Waals surface area contributed by atoms with Crippen molar-refractivity contribution in [1.29, 1.82) is 0 Å². The Morgan fingerprint density at radius 1 is 1.38 bits per heavy atom. The summed E-state index contributed by atoms with van der Waals surface area (Å²) in [6, 6.07) is 7.83. The van der Waals surface area contributed by atoms with E-state index in [2.05, 4.69) is 20.9 Å². The van der Waals surface area contributed by atoms with Crippen LogP contribution in [-0.4, -0.2) is 4.98 Å². The zero-order chi connectivity index (χ0) is 11.4. The van der Waals surface area contributed by atoms with Gasteiger partial charge in [0.15, 0.2) is 0 Å². The van der Waals surface area contributed by atoms with Gasteiger partial charge in [0.2, 0.25) is 0 Å². The van der Waals surface area contributed by atoms with Crippen LogP contribution in [0.1, 0.15) is 11.3 Å². The molecule has 0 aliphatic heterocycles. The van der Waals surface area contributed by atoms with Gasteiger partial charge in [-0.2, -0.15) is 4.98 Å². The summed E-state index contributed by atoms with van der Waals surface area (Å²) < 4.78 is 11.5. The van der Waals surface area contributed by atoms with E-state index >= 15 is 0 Å². The van der Waals surface area contributed by atoms with Gasteiger partial charge in [0, 0.05) is 16.6 Å². The molecule has 0 aliphatic carbocycles. The molecule has 2 aromatic rings. The number of hydrogen-bond acceptors (Lipinski definition) is 4. The molecule has 5 heteroatoms. The van der Waals surface area contributed by atoms with Crippen molar-refractivity contribution < 1.29 is 9.15 Å². The first-order valence-electron chi connectivity index (χ1n) is 4.80. The van der Waals surface area contributed by atoms with E-state index in [-0.39, 0.29) is 6.08 Å². The monoisotopic (exact) mass is 282 g/mol. The summed E-state index contributed by atoms with van der Waals surface area (Å²) >= 11 is 3.44. The summed E-state index contributed by atoms with van der Waals surface area (Å²) in [6.45, 7) is 0.758. The molecule has 0 amide bonds. The minimum atomic E-state index is 0.246. The number of hydrogen-bond donors (Lipinski definition) is 1. The second-order valence-corrected chi connectivity index (χ2v) is 4.04. The van der Waals surface area contributed by atoms with E-state index in [1.165, 1.54) is 6.26 Å². The van der Waals surface area contributed by atoms with Gasteiger partial charge < -0.3 is 14.9 Å². The summed E-state index contributed by atoms with van der Waals surface area (Å²) in [5.74, 6) is 0. The average Bonchev–Trinajstić information content (AvgIpc) is 2.76. The third kappa shape index (κ3) is 2.62. The predicted molar refractivity (Wildman–Crippen MR) is 62.9 cm³/mol. The third-order valence-corrected chi connectivity index (χ3v) is 2.82. The highest BCUT2D eigenvalue weighted by molar-refractivity contribution is 9.10. The molecule has 1 heterocycles. The number of halogens is 1. The van der Waals surface area contributed by atoms with Crippen LogP contribution in [0, 0.1) is 0 Å². The predicted octanol–water partition coefficient (Wildman–Crippen LogP) is 2.47. The first-order chi connectivity index (χ1) is 7.79. The number of aromatic nitrogens is 1. The number of benzene rings is 1. The Hall–Kier alpha value is -1.33. The Labute approximate surface area is 102 Å². The molecule has 0 saturated heterocycles. The fraction of sp³-hybridized carbons (Fsp3) is 0.182. The van der Waals surface area contributed by atoms with Gasteiger partial charge in [-0.05, 0) is 6.07 Å². The van der Waals surface area contributed by atoms with Crippen molar-refractivity contribution in [3.8, 4) is 6.08 Å². The standard InChI is InChI=1S/C11H11BrN2O2/c12-10-4-2-1-3-8(10)6-15-11-14-9(5-13)7-16-11/h1-4,7H,5-6,13H2. The van der Waals surface area contributed by atoms with Gasteiger partial charge in [-0.1, -0.05) is 34.1 Å². The molecule has 0 fully saturated rings. The van der Waals surface area contributed by atoms with Crippen LogP contribution in [0.25, 0.3) is 0 Å². The average molecular weight is 283 g/mol. The zero-order valence-electron chi connectivity index (χ0n) is 8.52. The molecule has 2 rings (SSSR count). The Balaban J connectivity index is 1.99. The second kappa shape index (κ2) is 5.14. The first kappa shape index (κ1) is 11.2. The normalized spacial score (nSPS) is 10.4. The molecule has 0 unspecified atom stereocenters. The molecule has 0 spiro atoms. The van der Waals surface area contributed by atoms with Gasteiger partial charge in [0.25, 0.3) is 0 Å². The number of nitrogens with two attached hydrogens (primary N) is 1. The molecule has 1 aromatic carbocycles. The van der Waals surface area contributed by atoms with E-state index in [9.17, 15) is 0 Å². The Bertz CT molecular complexity index is 471. The lowest BCUT2D eigenvalue weighted by molar-refractivity contribution is 0.219. The summed E-state index contributed by atoms with van der Waals surface area (Å²) in [4.78, 5) is 4.04. The first-order valence-corrected chi connectivity index (χ1v) is 5.59. The van der Waals surface area contributed by atoms with Gasteiger partial charge in [-0.3, -0.25) is 0 Å². The second-order valence-electron chi connectivity index (χ2n) is 3.19. The maximum atomic E-state index is 5.41. The molecule has 16 heavy (non-hydrogen) atoms. The molecule has 0 aliphatic rings. The van der Waals surface area contributed by atoms with Crippen molar-refractivity contribution in [2.24, 2.45) is 5.73 Å². The lowest BCUT2D eigenvalue weighted by Gasteiger charge is -2.03. The molecule has 0 bridgehead atoms. The third-order valence-electron chi connectivity index (χ3n) is 2.05. The minimum Gasteiger partial charge on any atom is -0.445 e. The topological polar surface area (TPSA) is 61.3 Å². The highest BCUT2D eigenvalue weighted by Gasteiger charge is 2.05. The zero-order valence-corrected chi connectivity index (χ0v) is 10.1. The highest BCUT2D eigenvalue weighted by Crippen LogP contribution is 2.18. The lowest BCUT2D eigenvalue weighted by atomic mass is 10.2. The van der Waals surface area contributed by atoms with E-state index < -0.39 is 0 Å². The van der Waals surface area contributed by atoms with Gasteiger partial charge in [-0.25, -0.2) is 0 Å². The number of ether oxygens (including phenoxy) is 1. The Kier molecular flexibility index (Phi) is 3.58. The van der Waals surface area contributed by atoms with Crippen LogP contribution < -0.4 is 10.5 Å². The van der Waals surface area contributed by atoms with Crippen LogP contribution in [0.5, 0.6) is 6.08 Å². The van der Waals surface area contributed by atoms with Gasteiger partial charge in [0.1, 0.15) is 12.9 Å².